The Bertz CT molecular complexity index is 363. The Hall–Kier alpha value is -1.84. The average Bonchev–Trinajstić information content (AvgIpc) is 2.39. The van der Waals surface area contributed by atoms with Crippen molar-refractivity contribution in [1.82, 2.24) is 5.43 Å². The minimum atomic E-state index is -0.314. The van der Waals surface area contributed by atoms with E-state index < -0.39 is 0 Å². The molecule has 0 fully saturated rings. The highest BCUT2D eigenvalue weighted by Gasteiger charge is 1.97. The lowest BCUT2D eigenvalue weighted by molar-refractivity contribution is 0.252. The molecule has 0 saturated carbocycles. The van der Waals surface area contributed by atoms with Crippen LogP contribution in [0.3, 0.4) is 0 Å². The lowest BCUT2D eigenvalue weighted by atomic mass is 10.2. The third-order valence-electron chi connectivity index (χ3n) is 2.48. The van der Waals surface area contributed by atoms with Crippen LogP contribution in [0, 0.1) is 0 Å². The van der Waals surface area contributed by atoms with E-state index in [0.29, 0.717) is 0 Å². The van der Waals surface area contributed by atoms with Gasteiger partial charge in [-0.3, -0.25) is 0 Å². The molecular formula is C14H21N3O. The van der Waals surface area contributed by atoms with Crippen LogP contribution in [0.5, 0.6) is 0 Å². The van der Waals surface area contributed by atoms with Crippen LogP contribution in [0.4, 0.5) is 10.5 Å². The van der Waals surface area contributed by atoms with E-state index in [9.17, 15) is 4.79 Å². The van der Waals surface area contributed by atoms with Crippen LogP contribution in [0.1, 0.15) is 39.0 Å². The van der Waals surface area contributed by atoms with Crippen LogP contribution < -0.4 is 10.7 Å². The van der Waals surface area contributed by atoms with Crippen molar-refractivity contribution in [2.24, 2.45) is 5.10 Å². The lowest BCUT2D eigenvalue weighted by Crippen LogP contribution is -2.24. The number of carbonyl (C=O) groups is 1. The predicted molar refractivity (Wildman–Crippen MR) is 75.8 cm³/mol. The monoisotopic (exact) mass is 247 g/mol. The van der Waals surface area contributed by atoms with Gasteiger partial charge >= 0.3 is 6.03 Å². The first kappa shape index (κ1) is 14.2. The molecule has 1 aromatic rings. The van der Waals surface area contributed by atoms with E-state index in [2.05, 4.69) is 22.8 Å². The third-order valence-corrected chi connectivity index (χ3v) is 2.48. The second-order valence-electron chi connectivity index (χ2n) is 4.09. The van der Waals surface area contributed by atoms with Gasteiger partial charge in [-0.2, -0.15) is 5.10 Å². The van der Waals surface area contributed by atoms with Crippen molar-refractivity contribution in [1.29, 1.82) is 0 Å². The molecule has 2 amide bonds. The number of amides is 2. The molecule has 0 aliphatic heterocycles. The molecule has 0 aromatic heterocycles. The Kier molecular flexibility index (Phi) is 7.28. The lowest BCUT2D eigenvalue weighted by Gasteiger charge is -2.02. The SMILES string of the molecule is CCCCCC/C=N/NC(=O)Nc1ccccc1. The zero-order valence-corrected chi connectivity index (χ0v) is 10.9. The summed E-state index contributed by atoms with van der Waals surface area (Å²) in [6, 6.07) is 8.98. The molecule has 18 heavy (non-hydrogen) atoms. The van der Waals surface area contributed by atoms with E-state index in [-0.39, 0.29) is 6.03 Å². The summed E-state index contributed by atoms with van der Waals surface area (Å²) in [5, 5.41) is 6.57. The van der Waals surface area contributed by atoms with Gasteiger partial charge in [0.1, 0.15) is 0 Å². The number of hydrazone groups is 1. The zero-order chi connectivity index (χ0) is 13.1. The Morgan fingerprint density at radius 1 is 1.22 bits per heavy atom. The van der Waals surface area contributed by atoms with Gasteiger partial charge in [0.25, 0.3) is 0 Å². The van der Waals surface area contributed by atoms with Crippen LogP contribution >= 0.6 is 0 Å². The normalized spacial score (nSPS) is 10.5. The topological polar surface area (TPSA) is 53.5 Å². The average molecular weight is 247 g/mol. The maximum Gasteiger partial charge on any atom is 0.339 e. The summed E-state index contributed by atoms with van der Waals surface area (Å²) in [6.45, 7) is 2.18. The molecule has 0 unspecified atom stereocenters. The van der Waals surface area contributed by atoms with Crippen molar-refractivity contribution in [2.45, 2.75) is 39.0 Å². The number of hydrogen-bond acceptors (Lipinski definition) is 2. The minimum Gasteiger partial charge on any atom is -0.307 e. The van der Waals surface area contributed by atoms with Crippen LogP contribution in [0.15, 0.2) is 35.4 Å². The first-order valence-corrected chi connectivity index (χ1v) is 6.46. The molecule has 0 atom stereocenters. The number of para-hydroxylation sites is 1. The van der Waals surface area contributed by atoms with Gasteiger partial charge in [0.2, 0.25) is 0 Å². The second-order valence-corrected chi connectivity index (χ2v) is 4.09. The molecule has 0 spiro atoms. The fourth-order valence-corrected chi connectivity index (χ4v) is 1.51. The summed E-state index contributed by atoms with van der Waals surface area (Å²) in [7, 11) is 0. The quantitative estimate of drug-likeness (QED) is 0.430. The number of unbranched alkanes of at least 4 members (excludes halogenated alkanes) is 4. The first-order chi connectivity index (χ1) is 8.83. The zero-order valence-electron chi connectivity index (χ0n) is 10.9. The molecule has 2 N–H and O–H groups in total. The number of anilines is 1. The predicted octanol–water partition coefficient (Wildman–Crippen LogP) is 3.76. The number of nitrogens with zero attached hydrogens (tertiary/aromatic N) is 1. The van der Waals surface area contributed by atoms with Crippen LogP contribution in [-0.4, -0.2) is 12.2 Å². The van der Waals surface area contributed by atoms with Gasteiger partial charge in [-0.05, 0) is 25.0 Å². The third kappa shape index (κ3) is 6.68. The van der Waals surface area contributed by atoms with Crippen molar-refractivity contribution in [3.05, 3.63) is 30.3 Å². The molecule has 0 saturated heterocycles. The number of nitrogens with one attached hydrogen (secondary N) is 2. The van der Waals surface area contributed by atoms with E-state index in [1.165, 1.54) is 19.3 Å². The number of urea groups is 1. The van der Waals surface area contributed by atoms with Crippen molar-refractivity contribution < 1.29 is 4.79 Å². The number of rotatable bonds is 7. The van der Waals surface area contributed by atoms with Crippen LogP contribution in [0.2, 0.25) is 0 Å². The summed E-state index contributed by atoms with van der Waals surface area (Å²) in [4.78, 5) is 11.4. The fraction of sp³-hybridized carbons (Fsp3) is 0.429. The number of hydrogen-bond donors (Lipinski definition) is 2. The Balaban J connectivity index is 2.11. The summed E-state index contributed by atoms with van der Waals surface area (Å²) < 4.78 is 0. The minimum absolute atomic E-state index is 0.314. The van der Waals surface area contributed by atoms with Gasteiger partial charge in [-0.15, -0.1) is 0 Å². The molecule has 1 rings (SSSR count). The number of carbonyl (C=O) groups excluding carboxylic acids is 1. The van der Waals surface area contributed by atoms with Gasteiger partial charge in [0.05, 0.1) is 0 Å². The van der Waals surface area contributed by atoms with Crippen molar-refractivity contribution in [2.75, 3.05) is 5.32 Å². The smallest absolute Gasteiger partial charge is 0.307 e. The van der Waals surface area contributed by atoms with Gasteiger partial charge in [-0.25, -0.2) is 10.2 Å². The Labute approximate surface area is 108 Å². The first-order valence-electron chi connectivity index (χ1n) is 6.46. The fourth-order valence-electron chi connectivity index (χ4n) is 1.51. The summed E-state index contributed by atoms with van der Waals surface area (Å²) in [5.41, 5.74) is 3.20. The molecular weight excluding hydrogens is 226 g/mol. The summed E-state index contributed by atoms with van der Waals surface area (Å²) >= 11 is 0. The molecule has 0 bridgehead atoms. The highest BCUT2D eigenvalue weighted by molar-refractivity contribution is 5.89. The molecule has 98 valence electrons. The molecule has 0 radical (unpaired) electrons. The molecule has 4 nitrogen and oxygen atoms in total. The molecule has 0 aliphatic rings. The van der Waals surface area contributed by atoms with Crippen molar-refractivity contribution in [3.63, 3.8) is 0 Å². The van der Waals surface area contributed by atoms with E-state index in [4.69, 9.17) is 0 Å². The van der Waals surface area contributed by atoms with Gasteiger partial charge in [-0.1, -0.05) is 44.4 Å². The van der Waals surface area contributed by atoms with E-state index >= 15 is 0 Å². The standard InChI is InChI=1S/C14H21N3O/c1-2-3-4-5-9-12-15-17-14(18)16-13-10-7-6-8-11-13/h6-8,10-12H,2-5,9H2,1H3,(H2,16,17,18)/b15-12+. The highest BCUT2D eigenvalue weighted by Crippen LogP contribution is 2.04. The van der Waals surface area contributed by atoms with E-state index in [1.807, 2.05) is 30.3 Å². The van der Waals surface area contributed by atoms with Gasteiger partial charge in [0.15, 0.2) is 0 Å². The van der Waals surface area contributed by atoms with Crippen molar-refractivity contribution in [3.8, 4) is 0 Å². The Morgan fingerprint density at radius 3 is 2.72 bits per heavy atom. The summed E-state index contributed by atoms with van der Waals surface area (Å²) in [6.07, 6.45) is 7.49. The van der Waals surface area contributed by atoms with E-state index in [0.717, 1.165) is 18.5 Å². The molecule has 0 aliphatic carbocycles. The van der Waals surface area contributed by atoms with Gasteiger partial charge in [0, 0.05) is 11.9 Å². The maximum atomic E-state index is 11.4. The Morgan fingerprint density at radius 2 is 2.00 bits per heavy atom. The number of benzene rings is 1. The van der Waals surface area contributed by atoms with Gasteiger partial charge < -0.3 is 5.32 Å². The molecule has 0 heterocycles. The summed E-state index contributed by atoms with van der Waals surface area (Å²) in [5.74, 6) is 0. The van der Waals surface area contributed by atoms with Crippen LogP contribution in [-0.2, 0) is 0 Å². The highest BCUT2D eigenvalue weighted by atomic mass is 16.2. The molecule has 1 aromatic carbocycles. The van der Waals surface area contributed by atoms with E-state index in [1.54, 1.807) is 6.21 Å². The second kappa shape index (κ2) is 9.22. The molecule has 4 heteroatoms. The van der Waals surface area contributed by atoms with Crippen molar-refractivity contribution >= 4 is 17.9 Å². The largest absolute Gasteiger partial charge is 0.339 e. The maximum absolute atomic E-state index is 11.4. The van der Waals surface area contributed by atoms with Crippen LogP contribution in [0.25, 0.3) is 0 Å².